The fraction of sp³-hybridized carbons (Fsp3) is 0. The highest BCUT2D eigenvalue weighted by atomic mass is 35.5. The van der Waals surface area contributed by atoms with Gasteiger partial charge in [-0.2, -0.15) is 0 Å². The number of hydrogen-bond acceptors (Lipinski definition) is 5. The van der Waals surface area contributed by atoms with Gasteiger partial charge in [-0.05, 0) is 16.0 Å². The first-order valence-electron chi connectivity index (χ1n) is 2.92. The lowest BCUT2D eigenvalue weighted by Crippen LogP contribution is -2.09. The molecular weight excluding hydrogens is 184 g/mol. The Balaban J connectivity index is 3.13. The van der Waals surface area contributed by atoms with Gasteiger partial charge in [0, 0.05) is 6.07 Å². The van der Waals surface area contributed by atoms with Crippen LogP contribution in [0.1, 0.15) is 0 Å². The van der Waals surface area contributed by atoms with Crippen molar-refractivity contribution in [2.75, 3.05) is 5.43 Å². The largest absolute Gasteiger partial charge is 0.365 e. The molecule has 12 heavy (non-hydrogen) atoms. The van der Waals surface area contributed by atoms with E-state index in [0.717, 1.165) is 0 Å². The van der Waals surface area contributed by atoms with Gasteiger partial charge >= 0.3 is 5.82 Å². The van der Waals surface area contributed by atoms with E-state index >= 15 is 0 Å². The molecule has 0 amide bonds. The van der Waals surface area contributed by atoms with E-state index in [9.17, 15) is 10.1 Å². The third kappa shape index (κ3) is 1.60. The number of hydrogen-bond donors (Lipinski definition) is 2. The summed E-state index contributed by atoms with van der Waals surface area (Å²) in [7, 11) is 0. The highest BCUT2D eigenvalue weighted by Gasteiger charge is 2.12. The lowest BCUT2D eigenvalue weighted by Gasteiger charge is -1.96. The van der Waals surface area contributed by atoms with Crippen molar-refractivity contribution in [1.82, 2.24) is 4.98 Å². The summed E-state index contributed by atoms with van der Waals surface area (Å²) in [6, 6.07) is 2.55. The Morgan fingerprint density at radius 1 is 1.67 bits per heavy atom. The lowest BCUT2D eigenvalue weighted by molar-refractivity contribution is -0.389. The summed E-state index contributed by atoms with van der Waals surface area (Å²) in [5.74, 6) is 4.79. The van der Waals surface area contributed by atoms with Crippen LogP contribution in [0.2, 0.25) is 5.02 Å². The Morgan fingerprint density at radius 2 is 2.33 bits per heavy atom. The van der Waals surface area contributed by atoms with E-state index in [1.54, 1.807) is 0 Å². The molecule has 3 N–H and O–H groups in total. The third-order valence-corrected chi connectivity index (χ3v) is 1.46. The van der Waals surface area contributed by atoms with Crippen LogP contribution in [0.3, 0.4) is 0 Å². The zero-order chi connectivity index (χ0) is 9.14. The number of aromatic nitrogens is 1. The molecule has 1 aromatic heterocycles. The van der Waals surface area contributed by atoms with E-state index in [1.165, 1.54) is 12.1 Å². The minimum atomic E-state index is -0.628. The van der Waals surface area contributed by atoms with Crippen LogP contribution < -0.4 is 11.3 Å². The Kier molecular flexibility index (Phi) is 2.41. The van der Waals surface area contributed by atoms with Gasteiger partial charge in [0.15, 0.2) is 0 Å². The first-order chi connectivity index (χ1) is 5.65. The highest BCUT2D eigenvalue weighted by molar-refractivity contribution is 6.32. The molecular formula is C5H5ClN4O2. The van der Waals surface area contributed by atoms with E-state index in [4.69, 9.17) is 17.4 Å². The number of rotatable bonds is 2. The van der Waals surface area contributed by atoms with Crippen LogP contribution in [0.5, 0.6) is 0 Å². The number of pyridine rings is 1. The standard InChI is InChI=1S/C5H5ClN4O2/c6-3-1-2-4(10(11)12)8-5(3)9-7/h1-2H,7H2,(H,8,9). The fourth-order valence-corrected chi connectivity index (χ4v) is 0.795. The number of nitrogens with zero attached hydrogens (tertiary/aromatic N) is 2. The zero-order valence-electron chi connectivity index (χ0n) is 5.82. The van der Waals surface area contributed by atoms with Crippen molar-refractivity contribution < 1.29 is 4.92 Å². The predicted octanol–water partition coefficient (Wildman–Crippen LogP) is 0.929. The number of hydrazine groups is 1. The molecule has 0 fully saturated rings. The van der Waals surface area contributed by atoms with Gasteiger partial charge in [0.1, 0.15) is 5.02 Å². The molecule has 0 aliphatic heterocycles. The van der Waals surface area contributed by atoms with E-state index < -0.39 is 4.92 Å². The summed E-state index contributed by atoms with van der Waals surface area (Å²) in [5, 5.41) is 10.5. The quantitative estimate of drug-likeness (QED) is 0.409. The minimum Gasteiger partial charge on any atom is -0.358 e. The van der Waals surface area contributed by atoms with E-state index in [2.05, 4.69) is 10.4 Å². The first kappa shape index (κ1) is 8.69. The summed E-state index contributed by atoms with van der Waals surface area (Å²) >= 11 is 5.57. The summed E-state index contributed by atoms with van der Waals surface area (Å²) in [5.41, 5.74) is 2.14. The van der Waals surface area contributed by atoms with Gasteiger partial charge in [-0.1, -0.05) is 11.6 Å². The van der Waals surface area contributed by atoms with Gasteiger partial charge in [-0.3, -0.25) is 5.43 Å². The number of anilines is 1. The van der Waals surface area contributed by atoms with Crippen LogP contribution in [0.25, 0.3) is 0 Å². The van der Waals surface area contributed by atoms with Crippen LogP contribution in [-0.4, -0.2) is 9.91 Å². The Labute approximate surface area is 72.5 Å². The van der Waals surface area contributed by atoms with Crippen molar-refractivity contribution in [2.45, 2.75) is 0 Å². The van der Waals surface area contributed by atoms with Crippen LogP contribution >= 0.6 is 11.6 Å². The minimum absolute atomic E-state index is 0.0888. The van der Waals surface area contributed by atoms with Crippen molar-refractivity contribution >= 4 is 23.2 Å². The number of halogens is 1. The predicted molar refractivity (Wildman–Crippen MR) is 43.7 cm³/mol. The molecule has 0 aliphatic carbocycles. The Bertz CT molecular complexity index is 316. The molecule has 7 heteroatoms. The molecule has 0 spiro atoms. The highest BCUT2D eigenvalue weighted by Crippen LogP contribution is 2.21. The molecule has 0 saturated carbocycles. The second-order valence-electron chi connectivity index (χ2n) is 1.90. The molecule has 0 aromatic carbocycles. The topological polar surface area (TPSA) is 94.1 Å². The first-order valence-corrected chi connectivity index (χ1v) is 3.30. The number of nitrogens with two attached hydrogens (primary N) is 1. The third-order valence-electron chi connectivity index (χ3n) is 1.16. The average Bonchev–Trinajstić information content (AvgIpc) is 2.05. The van der Waals surface area contributed by atoms with Gasteiger partial charge in [-0.25, -0.2) is 5.84 Å². The number of nitrogens with one attached hydrogen (secondary N) is 1. The van der Waals surface area contributed by atoms with Gasteiger partial charge < -0.3 is 10.1 Å². The van der Waals surface area contributed by atoms with Crippen LogP contribution in [0.4, 0.5) is 11.6 Å². The molecule has 64 valence electrons. The number of nitrogen functional groups attached to an aromatic ring is 1. The molecule has 1 aromatic rings. The van der Waals surface area contributed by atoms with E-state index in [-0.39, 0.29) is 16.7 Å². The normalized spacial score (nSPS) is 9.50. The van der Waals surface area contributed by atoms with E-state index in [1.807, 2.05) is 0 Å². The molecule has 0 saturated heterocycles. The molecule has 1 rings (SSSR count). The second kappa shape index (κ2) is 3.33. The van der Waals surface area contributed by atoms with Gasteiger partial charge in [0.2, 0.25) is 0 Å². The average molecular weight is 189 g/mol. The van der Waals surface area contributed by atoms with Crippen molar-refractivity contribution in [3.05, 3.63) is 27.3 Å². The van der Waals surface area contributed by atoms with Crippen LogP contribution in [0, 0.1) is 10.1 Å². The SMILES string of the molecule is NNc1nc([N+](=O)[O-])ccc1Cl. The maximum Gasteiger partial charge on any atom is 0.365 e. The van der Waals surface area contributed by atoms with Crippen molar-refractivity contribution in [2.24, 2.45) is 5.84 Å². The molecule has 0 unspecified atom stereocenters. The molecule has 0 atom stereocenters. The van der Waals surface area contributed by atoms with Crippen molar-refractivity contribution in [1.29, 1.82) is 0 Å². The Hall–Kier alpha value is -1.40. The summed E-state index contributed by atoms with van der Waals surface area (Å²) in [4.78, 5) is 13.1. The van der Waals surface area contributed by atoms with E-state index in [0.29, 0.717) is 0 Å². The van der Waals surface area contributed by atoms with Crippen LogP contribution in [-0.2, 0) is 0 Å². The zero-order valence-corrected chi connectivity index (χ0v) is 6.58. The summed E-state index contributed by atoms with van der Waals surface area (Å²) < 4.78 is 0. The van der Waals surface area contributed by atoms with Crippen molar-refractivity contribution in [3.63, 3.8) is 0 Å². The summed E-state index contributed by atoms with van der Waals surface area (Å²) in [6.07, 6.45) is 0. The van der Waals surface area contributed by atoms with Gasteiger partial charge in [-0.15, -0.1) is 0 Å². The van der Waals surface area contributed by atoms with Gasteiger partial charge in [0.25, 0.3) is 5.82 Å². The second-order valence-corrected chi connectivity index (χ2v) is 2.31. The molecule has 1 heterocycles. The molecule has 0 radical (unpaired) electrons. The van der Waals surface area contributed by atoms with Gasteiger partial charge in [0.05, 0.1) is 0 Å². The maximum atomic E-state index is 10.2. The van der Waals surface area contributed by atoms with Crippen molar-refractivity contribution in [3.8, 4) is 0 Å². The smallest absolute Gasteiger partial charge is 0.358 e. The lowest BCUT2D eigenvalue weighted by atomic mass is 10.4. The van der Waals surface area contributed by atoms with Crippen LogP contribution in [0.15, 0.2) is 12.1 Å². The summed E-state index contributed by atoms with van der Waals surface area (Å²) in [6.45, 7) is 0. The molecule has 0 aliphatic rings. The molecule has 6 nitrogen and oxygen atoms in total. The fourth-order valence-electron chi connectivity index (χ4n) is 0.635. The Morgan fingerprint density at radius 3 is 2.83 bits per heavy atom. The molecule has 0 bridgehead atoms. The number of nitro groups is 1. The monoisotopic (exact) mass is 188 g/mol. The maximum absolute atomic E-state index is 10.2.